The van der Waals surface area contributed by atoms with Gasteiger partial charge in [-0.3, -0.25) is 14.4 Å². The lowest BCUT2D eigenvalue weighted by Crippen LogP contribution is -2.30. The Bertz CT molecular complexity index is 1240. The number of esters is 3. The number of unbranched alkanes of at least 4 members (excludes halogenated alkanes) is 16. The molecule has 0 spiro atoms. The van der Waals surface area contributed by atoms with Gasteiger partial charge in [-0.1, -0.05) is 188 Å². The molecule has 0 aliphatic heterocycles. The predicted octanol–water partition coefficient (Wildman–Crippen LogP) is 14.8. The van der Waals surface area contributed by atoms with Crippen LogP contribution in [0, 0.1) is 0 Å². The Morgan fingerprint density at radius 3 is 1.22 bits per heavy atom. The molecular weight excluding hydrogens is 721 g/mol. The van der Waals surface area contributed by atoms with Crippen LogP contribution in [0.4, 0.5) is 0 Å². The van der Waals surface area contributed by atoms with Crippen LogP contribution in [0.3, 0.4) is 0 Å². The highest BCUT2D eigenvalue weighted by molar-refractivity contribution is 5.71. The summed E-state index contributed by atoms with van der Waals surface area (Å²) < 4.78 is 16.6. The molecule has 58 heavy (non-hydrogen) atoms. The van der Waals surface area contributed by atoms with Crippen LogP contribution in [0.2, 0.25) is 0 Å². The molecule has 0 amide bonds. The smallest absolute Gasteiger partial charge is 0.306 e. The second-order valence-electron chi connectivity index (χ2n) is 14.8. The maximum Gasteiger partial charge on any atom is 0.306 e. The van der Waals surface area contributed by atoms with Crippen molar-refractivity contribution in [2.45, 2.75) is 187 Å². The Balaban J connectivity index is 4.50. The molecule has 0 fully saturated rings. The van der Waals surface area contributed by atoms with Gasteiger partial charge in [-0.15, -0.1) is 0 Å². The highest BCUT2D eigenvalue weighted by Crippen LogP contribution is 2.11. The number of carbonyl (C=O) groups excluding carboxylic acids is 3. The third-order valence-electron chi connectivity index (χ3n) is 9.17. The molecule has 6 nitrogen and oxygen atoms in total. The summed E-state index contributed by atoms with van der Waals surface area (Å²) in [7, 11) is 0. The molecule has 0 aromatic rings. The maximum absolute atomic E-state index is 12.7. The molecule has 0 saturated carbocycles. The Labute approximate surface area is 355 Å². The van der Waals surface area contributed by atoms with Crippen LogP contribution in [-0.2, 0) is 28.6 Å². The standard InChI is InChI=1S/C52H82O6/c1-4-7-10-13-16-19-21-23-24-25-26-27-29-30-33-36-39-42-45-51(54)57-48-49(47-56-50(53)44-41-38-35-32-18-15-12-9-6-3)58-52(55)46-43-40-37-34-31-28-22-20-17-14-11-8-5-2/h8,11,14,16-17,19-28,31-32,35,49H,4-7,9-10,12-13,15,18,29-30,33-34,36-48H2,1-3H3/b11-8-,17-14-,19-16-,22-20-,23-21-,25-24-,27-26-,31-28-,35-32-. The van der Waals surface area contributed by atoms with Gasteiger partial charge >= 0.3 is 17.9 Å². The van der Waals surface area contributed by atoms with Crippen molar-refractivity contribution in [3.63, 3.8) is 0 Å². The first kappa shape index (κ1) is 54.1. The van der Waals surface area contributed by atoms with E-state index in [2.05, 4.69) is 93.7 Å². The lowest BCUT2D eigenvalue weighted by molar-refractivity contribution is -0.167. The molecule has 0 aromatic carbocycles. The van der Waals surface area contributed by atoms with Gasteiger partial charge in [-0.25, -0.2) is 0 Å². The maximum atomic E-state index is 12.7. The summed E-state index contributed by atoms with van der Waals surface area (Å²) >= 11 is 0. The van der Waals surface area contributed by atoms with Crippen molar-refractivity contribution < 1.29 is 28.6 Å². The zero-order valence-electron chi connectivity index (χ0n) is 37.0. The highest BCUT2D eigenvalue weighted by Gasteiger charge is 2.19. The van der Waals surface area contributed by atoms with Gasteiger partial charge in [-0.05, 0) is 83.5 Å². The molecule has 1 atom stereocenters. The van der Waals surface area contributed by atoms with E-state index in [0.717, 1.165) is 83.5 Å². The van der Waals surface area contributed by atoms with Gasteiger partial charge in [0.25, 0.3) is 0 Å². The molecule has 0 heterocycles. The number of carbonyl (C=O) groups is 3. The van der Waals surface area contributed by atoms with Crippen molar-refractivity contribution in [3.05, 3.63) is 109 Å². The van der Waals surface area contributed by atoms with E-state index in [0.29, 0.717) is 25.7 Å². The Hall–Kier alpha value is -3.93. The number of rotatable bonds is 39. The minimum absolute atomic E-state index is 0.118. The number of allylic oxidation sites excluding steroid dienone is 18. The summed E-state index contributed by atoms with van der Waals surface area (Å²) in [6.45, 7) is 6.31. The zero-order chi connectivity index (χ0) is 42.3. The first-order valence-electron chi connectivity index (χ1n) is 23.0. The Morgan fingerprint density at radius 1 is 0.362 bits per heavy atom. The predicted molar refractivity (Wildman–Crippen MR) is 247 cm³/mol. The van der Waals surface area contributed by atoms with E-state index in [9.17, 15) is 14.4 Å². The molecule has 0 rings (SSSR count). The zero-order valence-corrected chi connectivity index (χ0v) is 37.0. The quantitative estimate of drug-likeness (QED) is 0.0202. The van der Waals surface area contributed by atoms with Crippen LogP contribution in [0.25, 0.3) is 0 Å². The summed E-state index contributed by atoms with van der Waals surface area (Å²) in [5.74, 6) is -1.03. The fourth-order valence-electron chi connectivity index (χ4n) is 5.70. The first-order valence-corrected chi connectivity index (χ1v) is 23.0. The van der Waals surface area contributed by atoms with E-state index in [1.807, 2.05) is 36.5 Å². The molecule has 0 aliphatic rings. The second-order valence-corrected chi connectivity index (χ2v) is 14.8. The summed E-state index contributed by atoms with van der Waals surface area (Å²) in [4.78, 5) is 37.7. The monoisotopic (exact) mass is 803 g/mol. The average Bonchev–Trinajstić information content (AvgIpc) is 3.22. The molecule has 0 bridgehead atoms. The topological polar surface area (TPSA) is 78.9 Å². The molecular formula is C52H82O6. The van der Waals surface area contributed by atoms with Crippen molar-refractivity contribution >= 4 is 17.9 Å². The van der Waals surface area contributed by atoms with Crippen LogP contribution >= 0.6 is 0 Å². The summed E-state index contributed by atoms with van der Waals surface area (Å²) in [6, 6.07) is 0. The van der Waals surface area contributed by atoms with Gasteiger partial charge < -0.3 is 14.2 Å². The van der Waals surface area contributed by atoms with Crippen molar-refractivity contribution in [3.8, 4) is 0 Å². The summed E-state index contributed by atoms with van der Waals surface area (Å²) in [5, 5.41) is 0. The molecule has 1 unspecified atom stereocenters. The Kier molecular flexibility index (Phi) is 42.7. The molecule has 326 valence electrons. The van der Waals surface area contributed by atoms with Crippen LogP contribution in [0.15, 0.2) is 109 Å². The largest absolute Gasteiger partial charge is 0.462 e. The van der Waals surface area contributed by atoms with E-state index in [1.165, 1.54) is 44.9 Å². The minimum Gasteiger partial charge on any atom is -0.462 e. The fourth-order valence-corrected chi connectivity index (χ4v) is 5.70. The Morgan fingerprint density at radius 2 is 0.707 bits per heavy atom. The molecule has 0 aliphatic carbocycles. The normalized spacial score (nSPS) is 13.1. The van der Waals surface area contributed by atoms with E-state index in [-0.39, 0.29) is 37.5 Å². The molecule has 0 radical (unpaired) electrons. The molecule has 0 aromatic heterocycles. The van der Waals surface area contributed by atoms with E-state index in [4.69, 9.17) is 14.2 Å². The van der Waals surface area contributed by atoms with Crippen molar-refractivity contribution in [1.29, 1.82) is 0 Å². The molecule has 0 N–H and O–H groups in total. The van der Waals surface area contributed by atoms with Crippen LogP contribution in [-0.4, -0.2) is 37.2 Å². The fraction of sp³-hybridized carbons (Fsp3) is 0.596. The molecule has 0 saturated heterocycles. The minimum atomic E-state index is -0.819. The lowest BCUT2D eigenvalue weighted by atomic mass is 10.1. The van der Waals surface area contributed by atoms with E-state index < -0.39 is 6.10 Å². The van der Waals surface area contributed by atoms with Crippen molar-refractivity contribution in [2.75, 3.05) is 13.2 Å². The second kappa shape index (κ2) is 45.8. The van der Waals surface area contributed by atoms with Gasteiger partial charge in [0.05, 0.1) is 0 Å². The van der Waals surface area contributed by atoms with E-state index in [1.54, 1.807) is 0 Å². The van der Waals surface area contributed by atoms with Gasteiger partial charge in [0.15, 0.2) is 6.10 Å². The summed E-state index contributed by atoms with van der Waals surface area (Å²) in [5.41, 5.74) is 0. The van der Waals surface area contributed by atoms with Gasteiger partial charge in [-0.2, -0.15) is 0 Å². The average molecular weight is 803 g/mol. The van der Waals surface area contributed by atoms with Crippen molar-refractivity contribution in [1.82, 2.24) is 0 Å². The number of ether oxygens (including phenoxy) is 3. The van der Waals surface area contributed by atoms with E-state index >= 15 is 0 Å². The van der Waals surface area contributed by atoms with Crippen molar-refractivity contribution in [2.24, 2.45) is 0 Å². The van der Waals surface area contributed by atoms with Gasteiger partial charge in [0, 0.05) is 19.3 Å². The third-order valence-corrected chi connectivity index (χ3v) is 9.17. The lowest BCUT2D eigenvalue weighted by Gasteiger charge is -2.18. The first-order chi connectivity index (χ1) is 28.5. The van der Waals surface area contributed by atoms with Gasteiger partial charge in [0.1, 0.15) is 13.2 Å². The highest BCUT2D eigenvalue weighted by atomic mass is 16.6. The molecule has 6 heteroatoms. The number of hydrogen-bond donors (Lipinski definition) is 0. The van der Waals surface area contributed by atoms with Crippen LogP contribution < -0.4 is 0 Å². The SMILES string of the molecule is CC\C=C/C=C\C=C/C=C\CCCCCC(=O)OC(COC(=O)CCC/C=C\CCCCCC)COC(=O)CCCCCCC\C=C/C=C\C=C/C=C\CCCCC. The number of hydrogen-bond acceptors (Lipinski definition) is 6. The third kappa shape index (κ3) is 43.2. The summed E-state index contributed by atoms with van der Waals surface area (Å²) in [6.07, 6.45) is 60.8. The van der Waals surface area contributed by atoms with Crippen LogP contribution in [0.5, 0.6) is 0 Å². The van der Waals surface area contributed by atoms with Crippen LogP contribution in [0.1, 0.15) is 181 Å². The van der Waals surface area contributed by atoms with Gasteiger partial charge in [0.2, 0.25) is 0 Å².